The molecular formula is C28H43N3O6. The number of rotatable bonds is 8. The second kappa shape index (κ2) is 10.8. The van der Waals surface area contributed by atoms with E-state index in [-0.39, 0.29) is 36.0 Å². The Bertz CT molecular complexity index is 977. The predicted molar refractivity (Wildman–Crippen MR) is 139 cm³/mol. The molecule has 4 aliphatic carbocycles. The van der Waals surface area contributed by atoms with Crippen LogP contribution in [0.5, 0.6) is 0 Å². The highest BCUT2D eigenvalue weighted by molar-refractivity contribution is 5.96. The fourth-order valence-electron chi connectivity index (χ4n) is 7.76. The summed E-state index contributed by atoms with van der Waals surface area (Å²) in [5.74, 6) is -0.492. The van der Waals surface area contributed by atoms with Crippen LogP contribution in [0.1, 0.15) is 79.1 Å². The van der Waals surface area contributed by atoms with Crippen molar-refractivity contribution in [3.05, 3.63) is 11.6 Å². The summed E-state index contributed by atoms with van der Waals surface area (Å²) in [6, 6.07) is -1.00. The molecule has 0 aromatic carbocycles. The van der Waals surface area contributed by atoms with Gasteiger partial charge < -0.3 is 25.7 Å². The second-order valence-electron chi connectivity index (χ2n) is 12.4. The average Bonchev–Trinajstić information content (AvgIpc) is 3.15. The first kappa shape index (κ1) is 27.6. The largest absolute Gasteiger partial charge is 0.480 e. The molecule has 9 nitrogen and oxygen atoms in total. The van der Waals surface area contributed by atoms with Crippen molar-refractivity contribution >= 4 is 23.5 Å². The predicted octanol–water partition coefficient (Wildman–Crippen LogP) is 3.02. The molecule has 4 rings (SSSR count). The maximum absolute atomic E-state index is 12.1. The molecule has 0 heterocycles. The Labute approximate surface area is 219 Å². The number of nitrogens with zero attached hydrogens (tertiary/aromatic N) is 1. The molecule has 2 amide bonds. The highest BCUT2D eigenvalue weighted by atomic mass is 16.6. The number of carbonyl (C=O) groups excluding carboxylic acids is 2. The van der Waals surface area contributed by atoms with Gasteiger partial charge in [0, 0.05) is 0 Å². The Morgan fingerprint density at radius 2 is 1.84 bits per heavy atom. The lowest BCUT2D eigenvalue weighted by Gasteiger charge is -2.57. The van der Waals surface area contributed by atoms with Crippen molar-refractivity contribution in [1.82, 2.24) is 10.6 Å². The molecule has 3 saturated carbocycles. The number of carboxylic acid groups (broad SMARTS) is 1. The van der Waals surface area contributed by atoms with Crippen LogP contribution in [0.4, 0.5) is 0 Å². The highest BCUT2D eigenvalue weighted by Gasteiger charge is 2.58. The summed E-state index contributed by atoms with van der Waals surface area (Å²) in [4.78, 5) is 40.6. The van der Waals surface area contributed by atoms with Crippen LogP contribution in [0.15, 0.2) is 16.8 Å². The third-order valence-corrected chi connectivity index (χ3v) is 10.0. The fraction of sp³-hybridized carbons (Fsp3) is 0.786. The Hall–Kier alpha value is -2.42. The van der Waals surface area contributed by atoms with Crippen LogP contribution in [-0.2, 0) is 19.2 Å². The number of fused-ring (bicyclic) bond motifs is 5. The Balaban J connectivity index is 1.28. The van der Waals surface area contributed by atoms with Gasteiger partial charge in [0.1, 0.15) is 6.04 Å². The molecule has 206 valence electrons. The molecule has 4 aliphatic rings. The minimum Gasteiger partial charge on any atom is -0.480 e. The maximum Gasteiger partial charge on any atom is 0.326 e. The van der Waals surface area contributed by atoms with Crippen molar-refractivity contribution < 1.29 is 29.4 Å². The maximum atomic E-state index is 12.1. The summed E-state index contributed by atoms with van der Waals surface area (Å²) in [6.45, 7) is 7.49. The van der Waals surface area contributed by atoms with Gasteiger partial charge in [-0.25, -0.2) is 4.79 Å². The summed E-state index contributed by atoms with van der Waals surface area (Å²) in [6.07, 6.45) is 10.4. The Morgan fingerprint density at radius 1 is 1.08 bits per heavy atom. The van der Waals surface area contributed by atoms with Gasteiger partial charge in [-0.3, -0.25) is 9.59 Å². The van der Waals surface area contributed by atoms with E-state index in [1.807, 2.05) is 0 Å². The Kier molecular flexibility index (Phi) is 8.02. The zero-order valence-corrected chi connectivity index (χ0v) is 22.6. The summed E-state index contributed by atoms with van der Waals surface area (Å²) < 4.78 is 0. The molecule has 9 heteroatoms. The number of carboxylic acids is 1. The minimum atomic E-state index is -1.11. The number of aliphatic hydroxyl groups is 1. The van der Waals surface area contributed by atoms with E-state index >= 15 is 0 Å². The molecule has 0 aromatic rings. The number of oxime groups is 1. The van der Waals surface area contributed by atoms with Crippen molar-refractivity contribution in [3.63, 3.8) is 0 Å². The van der Waals surface area contributed by atoms with Crippen LogP contribution >= 0.6 is 0 Å². The van der Waals surface area contributed by atoms with Crippen LogP contribution in [0.3, 0.4) is 0 Å². The zero-order chi connectivity index (χ0) is 27.0. The topological polar surface area (TPSA) is 137 Å². The fourth-order valence-corrected chi connectivity index (χ4v) is 7.76. The van der Waals surface area contributed by atoms with E-state index in [9.17, 15) is 19.5 Å². The number of carbonyl (C=O) groups is 3. The van der Waals surface area contributed by atoms with E-state index in [1.165, 1.54) is 12.0 Å². The van der Waals surface area contributed by atoms with E-state index in [2.05, 4.69) is 35.7 Å². The lowest BCUT2D eigenvalue weighted by molar-refractivity contribution is -0.143. The molecule has 0 aliphatic heterocycles. The normalized spacial score (nSPS) is 36.6. The van der Waals surface area contributed by atoms with Crippen LogP contribution in [-0.4, -0.2) is 59.0 Å². The first-order valence-corrected chi connectivity index (χ1v) is 13.8. The lowest BCUT2D eigenvalue weighted by atomic mass is 9.47. The van der Waals surface area contributed by atoms with Gasteiger partial charge in [0.15, 0.2) is 6.61 Å². The molecule has 0 saturated heterocycles. The van der Waals surface area contributed by atoms with Crippen LogP contribution < -0.4 is 10.6 Å². The van der Waals surface area contributed by atoms with Gasteiger partial charge >= 0.3 is 5.97 Å². The van der Waals surface area contributed by atoms with Gasteiger partial charge in [-0.15, -0.1) is 0 Å². The molecule has 0 spiro atoms. The zero-order valence-electron chi connectivity index (χ0n) is 22.6. The van der Waals surface area contributed by atoms with Gasteiger partial charge in [0.05, 0.1) is 18.4 Å². The summed E-state index contributed by atoms with van der Waals surface area (Å²) in [5, 5.41) is 28.9. The third-order valence-electron chi connectivity index (χ3n) is 10.0. The number of amides is 2. The van der Waals surface area contributed by atoms with E-state index in [0.29, 0.717) is 17.8 Å². The number of hydrogen-bond acceptors (Lipinski definition) is 6. The lowest BCUT2D eigenvalue weighted by Crippen LogP contribution is -2.51. The monoisotopic (exact) mass is 517 g/mol. The van der Waals surface area contributed by atoms with Gasteiger partial charge in [-0.2, -0.15) is 0 Å². The average molecular weight is 518 g/mol. The first-order chi connectivity index (χ1) is 17.5. The van der Waals surface area contributed by atoms with Crippen molar-refractivity contribution in [3.8, 4) is 0 Å². The molecule has 0 bridgehead atoms. The van der Waals surface area contributed by atoms with E-state index in [0.717, 1.165) is 50.7 Å². The standard InChI is InChI=1S/C28H43N3O6/c1-16(2)25(26(35)36)30-23(33)14-29-24(34)15-37-31-18-9-11-27(3)17(13-18)5-6-19-20-7-8-22(32)28(20,4)12-10-21(19)27/h13,16,19-22,25,32H,5-12,14-15H2,1-4H3,(H,29,34)(H,30,33)(H,35,36)/b31-18+/t19-,20+,21+,22+,25+,27-,28-/m0/s1. The molecule has 3 fully saturated rings. The molecule has 0 radical (unpaired) electrons. The van der Waals surface area contributed by atoms with Gasteiger partial charge in [0.25, 0.3) is 5.91 Å². The van der Waals surface area contributed by atoms with Crippen molar-refractivity contribution in [2.45, 2.75) is 91.2 Å². The van der Waals surface area contributed by atoms with Crippen LogP contribution in [0.2, 0.25) is 0 Å². The minimum absolute atomic E-state index is 0.0848. The molecule has 7 atom stereocenters. The molecule has 4 N–H and O–H groups in total. The highest BCUT2D eigenvalue weighted by Crippen LogP contribution is 2.65. The SMILES string of the molecule is CC(C)[C@@H](NC(=O)CNC(=O)CO/N=C1/C=C2CC[C@H]3[C@H]4CC[C@@H](O)[C@@]4(C)CC[C@H]3[C@@]2(C)CC1)C(=O)O. The first-order valence-electron chi connectivity index (χ1n) is 13.8. The summed E-state index contributed by atoms with van der Waals surface area (Å²) >= 11 is 0. The van der Waals surface area contributed by atoms with Crippen molar-refractivity contribution in [2.75, 3.05) is 13.2 Å². The van der Waals surface area contributed by atoms with E-state index < -0.39 is 23.8 Å². The quantitative estimate of drug-likeness (QED) is 0.365. The van der Waals surface area contributed by atoms with Gasteiger partial charge in [-0.1, -0.05) is 38.4 Å². The molecular weight excluding hydrogens is 474 g/mol. The number of nitrogens with one attached hydrogen (secondary N) is 2. The number of aliphatic hydroxyl groups excluding tert-OH is 1. The smallest absolute Gasteiger partial charge is 0.326 e. The molecule has 37 heavy (non-hydrogen) atoms. The number of hydrogen-bond donors (Lipinski definition) is 4. The van der Waals surface area contributed by atoms with Crippen molar-refractivity contribution in [1.29, 1.82) is 0 Å². The van der Waals surface area contributed by atoms with E-state index in [1.54, 1.807) is 13.8 Å². The van der Waals surface area contributed by atoms with Crippen molar-refractivity contribution in [2.24, 2.45) is 39.7 Å². The Morgan fingerprint density at radius 3 is 2.54 bits per heavy atom. The van der Waals surface area contributed by atoms with E-state index in [4.69, 9.17) is 9.94 Å². The molecule has 0 aromatic heterocycles. The summed E-state index contributed by atoms with van der Waals surface area (Å²) in [5.41, 5.74) is 2.52. The van der Waals surface area contributed by atoms with Crippen LogP contribution in [0, 0.1) is 34.5 Å². The molecule has 0 unspecified atom stereocenters. The number of allylic oxidation sites excluding steroid dienone is 2. The number of aliphatic carboxylic acids is 1. The third kappa shape index (κ3) is 5.42. The van der Waals surface area contributed by atoms with Crippen LogP contribution in [0.25, 0.3) is 0 Å². The van der Waals surface area contributed by atoms with Gasteiger partial charge in [-0.05, 0) is 91.9 Å². The van der Waals surface area contributed by atoms with Gasteiger partial charge in [0.2, 0.25) is 5.91 Å². The summed E-state index contributed by atoms with van der Waals surface area (Å²) in [7, 11) is 0. The second-order valence-corrected chi connectivity index (χ2v) is 12.4.